The van der Waals surface area contributed by atoms with Gasteiger partial charge in [-0.05, 0) is 57.2 Å². The van der Waals surface area contributed by atoms with Gasteiger partial charge in [0.15, 0.2) is 0 Å². The van der Waals surface area contributed by atoms with Crippen molar-refractivity contribution < 1.29 is 14.6 Å². The first-order valence-electron chi connectivity index (χ1n) is 7.40. The number of aliphatic hydroxyl groups is 2. The van der Waals surface area contributed by atoms with E-state index in [-0.39, 0.29) is 12.4 Å². The summed E-state index contributed by atoms with van der Waals surface area (Å²) in [5.74, 6) is -0.277. The molecule has 0 heterocycles. The van der Waals surface area contributed by atoms with Crippen molar-refractivity contribution in [2.45, 2.75) is 51.7 Å². The largest absolute Gasteiger partial charge is 0.396 e. The van der Waals surface area contributed by atoms with Gasteiger partial charge in [0.25, 0.3) is 0 Å². The SMILES string of the molecule is Cc1cc(N(CCCO)C2CCC2)c([C@@H](C)O)cc1F. The van der Waals surface area contributed by atoms with Crippen molar-refractivity contribution in [1.82, 2.24) is 0 Å². The van der Waals surface area contributed by atoms with Crippen LogP contribution in [0.1, 0.15) is 49.8 Å². The Labute approximate surface area is 120 Å². The molecule has 1 aliphatic carbocycles. The highest BCUT2D eigenvalue weighted by molar-refractivity contribution is 5.57. The zero-order valence-electron chi connectivity index (χ0n) is 12.3. The molecular weight excluding hydrogens is 257 g/mol. The molecule has 0 bridgehead atoms. The van der Waals surface area contributed by atoms with E-state index in [9.17, 15) is 9.50 Å². The molecule has 2 N–H and O–H groups in total. The lowest BCUT2D eigenvalue weighted by Gasteiger charge is -2.40. The zero-order chi connectivity index (χ0) is 14.7. The van der Waals surface area contributed by atoms with Gasteiger partial charge in [-0.1, -0.05) is 0 Å². The van der Waals surface area contributed by atoms with E-state index < -0.39 is 6.10 Å². The summed E-state index contributed by atoms with van der Waals surface area (Å²) >= 11 is 0. The lowest BCUT2D eigenvalue weighted by molar-refractivity contribution is 0.198. The van der Waals surface area contributed by atoms with Crippen molar-refractivity contribution in [3.63, 3.8) is 0 Å². The molecule has 4 heteroatoms. The number of rotatable bonds is 6. The molecule has 0 aromatic heterocycles. The fraction of sp³-hybridized carbons (Fsp3) is 0.625. The monoisotopic (exact) mass is 281 g/mol. The number of nitrogens with zero attached hydrogens (tertiary/aromatic N) is 1. The van der Waals surface area contributed by atoms with Crippen LogP contribution in [-0.2, 0) is 0 Å². The highest BCUT2D eigenvalue weighted by Crippen LogP contribution is 2.35. The van der Waals surface area contributed by atoms with Crippen LogP contribution >= 0.6 is 0 Å². The average molecular weight is 281 g/mol. The summed E-state index contributed by atoms with van der Waals surface area (Å²) in [6.45, 7) is 4.30. The summed E-state index contributed by atoms with van der Waals surface area (Å²) in [5, 5.41) is 19.0. The van der Waals surface area contributed by atoms with Crippen molar-refractivity contribution in [2.24, 2.45) is 0 Å². The Morgan fingerprint density at radius 1 is 1.40 bits per heavy atom. The normalized spacial score (nSPS) is 16.9. The van der Waals surface area contributed by atoms with Crippen LogP contribution < -0.4 is 4.90 Å². The van der Waals surface area contributed by atoms with E-state index in [1.807, 2.05) is 6.07 Å². The minimum atomic E-state index is -0.697. The Morgan fingerprint density at radius 2 is 2.10 bits per heavy atom. The fourth-order valence-electron chi connectivity index (χ4n) is 2.70. The molecule has 0 radical (unpaired) electrons. The number of halogens is 1. The van der Waals surface area contributed by atoms with Gasteiger partial charge in [-0.3, -0.25) is 0 Å². The van der Waals surface area contributed by atoms with Crippen molar-refractivity contribution in [2.75, 3.05) is 18.1 Å². The Balaban J connectivity index is 2.37. The van der Waals surface area contributed by atoms with Gasteiger partial charge in [0.2, 0.25) is 0 Å². The second kappa shape index (κ2) is 6.55. The molecular formula is C16H24FNO2. The number of aliphatic hydroxyl groups excluding tert-OH is 2. The lowest BCUT2D eigenvalue weighted by Crippen LogP contribution is -2.41. The lowest BCUT2D eigenvalue weighted by atomic mass is 9.89. The molecule has 0 spiro atoms. The van der Waals surface area contributed by atoms with Crippen molar-refractivity contribution in [3.8, 4) is 0 Å². The maximum atomic E-state index is 13.8. The van der Waals surface area contributed by atoms with E-state index in [2.05, 4.69) is 4.90 Å². The number of hydrogen-bond donors (Lipinski definition) is 2. The molecule has 1 aromatic rings. The third kappa shape index (κ3) is 3.13. The predicted octanol–water partition coefficient (Wildman–Crippen LogP) is 2.93. The van der Waals surface area contributed by atoms with Crippen LogP contribution in [0.2, 0.25) is 0 Å². The zero-order valence-corrected chi connectivity index (χ0v) is 12.3. The first-order valence-corrected chi connectivity index (χ1v) is 7.40. The van der Waals surface area contributed by atoms with Crippen LogP contribution in [0, 0.1) is 12.7 Å². The molecule has 0 aliphatic heterocycles. The number of aryl methyl sites for hydroxylation is 1. The van der Waals surface area contributed by atoms with E-state index in [0.29, 0.717) is 23.6 Å². The Hall–Kier alpha value is -1.13. The minimum absolute atomic E-state index is 0.146. The average Bonchev–Trinajstić information content (AvgIpc) is 2.34. The standard InChI is InChI=1S/C16H24FNO2/c1-11-9-16(14(12(2)20)10-15(11)17)18(7-4-8-19)13-5-3-6-13/h9-10,12-13,19-20H,3-8H2,1-2H3/t12-/m1/s1. The number of anilines is 1. The summed E-state index contributed by atoms with van der Waals surface area (Å²) in [7, 11) is 0. The van der Waals surface area contributed by atoms with E-state index in [0.717, 1.165) is 25.1 Å². The summed E-state index contributed by atoms with van der Waals surface area (Å²) in [6.07, 6.45) is 3.45. The smallest absolute Gasteiger partial charge is 0.126 e. The third-order valence-corrected chi connectivity index (χ3v) is 4.14. The molecule has 1 aromatic carbocycles. The highest BCUT2D eigenvalue weighted by atomic mass is 19.1. The summed E-state index contributed by atoms with van der Waals surface area (Å²) in [6, 6.07) is 3.72. The van der Waals surface area contributed by atoms with E-state index >= 15 is 0 Å². The van der Waals surface area contributed by atoms with Gasteiger partial charge < -0.3 is 15.1 Å². The van der Waals surface area contributed by atoms with Crippen molar-refractivity contribution >= 4 is 5.69 Å². The molecule has 1 saturated carbocycles. The van der Waals surface area contributed by atoms with Gasteiger partial charge in [-0.15, -0.1) is 0 Å². The quantitative estimate of drug-likeness (QED) is 0.842. The Morgan fingerprint density at radius 3 is 2.60 bits per heavy atom. The second-order valence-electron chi connectivity index (χ2n) is 5.69. The first kappa shape index (κ1) is 15.3. The van der Waals surface area contributed by atoms with Crippen LogP contribution in [0.15, 0.2) is 12.1 Å². The Bertz CT molecular complexity index is 458. The molecule has 0 amide bonds. The van der Waals surface area contributed by atoms with Gasteiger partial charge in [0.05, 0.1) is 6.10 Å². The number of benzene rings is 1. The second-order valence-corrected chi connectivity index (χ2v) is 5.69. The van der Waals surface area contributed by atoms with Gasteiger partial charge in [0, 0.05) is 30.4 Å². The summed E-state index contributed by atoms with van der Waals surface area (Å²) < 4.78 is 13.8. The Kier molecular flexibility index (Phi) is 5.00. The van der Waals surface area contributed by atoms with Crippen LogP contribution in [0.5, 0.6) is 0 Å². The maximum Gasteiger partial charge on any atom is 0.126 e. The summed E-state index contributed by atoms with van der Waals surface area (Å²) in [4.78, 5) is 2.23. The summed E-state index contributed by atoms with van der Waals surface area (Å²) in [5.41, 5.74) is 2.15. The number of hydrogen-bond acceptors (Lipinski definition) is 3. The highest BCUT2D eigenvalue weighted by Gasteiger charge is 2.27. The van der Waals surface area contributed by atoms with Gasteiger partial charge in [-0.2, -0.15) is 0 Å². The maximum absolute atomic E-state index is 13.8. The molecule has 3 nitrogen and oxygen atoms in total. The van der Waals surface area contributed by atoms with E-state index in [1.54, 1.807) is 13.8 Å². The van der Waals surface area contributed by atoms with Crippen molar-refractivity contribution in [1.29, 1.82) is 0 Å². The van der Waals surface area contributed by atoms with Crippen molar-refractivity contribution in [3.05, 3.63) is 29.1 Å². The molecule has 20 heavy (non-hydrogen) atoms. The van der Waals surface area contributed by atoms with Gasteiger partial charge in [0.1, 0.15) is 5.82 Å². The van der Waals surface area contributed by atoms with Gasteiger partial charge in [-0.25, -0.2) is 4.39 Å². The topological polar surface area (TPSA) is 43.7 Å². The third-order valence-electron chi connectivity index (χ3n) is 4.14. The molecule has 0 saturated heterocycles. The van der Waals surface area contributed by atoms with Crippen LogP contribution in [-0.4, -0.2) is 29.4 Å². The van der Waals surface area contributed by atoms with E-state index in [4.69, 9.17) is 5.11 Å². The molecule has 112 valence electrons. The molecule has 1 aliphatic rings. The fourth-order valence-corrected chi connectivity index (χ4v) is 2.70. The van der Waals surface area contributed by atoms with Gasteiger partial charge >= 0.3 is 0 Å². The molecule has 1 fully saturated rings. The predicted molar refractivity (Wildman–Crippen MR) is 78.5 cm³/mol. The van der Waals surface area contributed by atoms with E-state index in [1.165, 1.54) is 12.5 Å². The minimum Gasteiger partial charge on any atom is -0.396 e. The molecule has 0 unspecified atom stereocenters. The van der Waals surface area contributed by atoms with Crippen LogP contribution in [0.4, 0.5) is 10.1 Å². The molecule has 2 rings (SSSR count). The van der Waals surface area contributed by atoms with Crippen LogP contribution in [0.3, 0.4) is 0 Å². The molecule has 1 atom stereocenters. The first-order chi connectivity index (χ1) is 9.54. The van der Waals surface area contributed by atoms with Crippen LogP contribution in [0.25, 0.3) is 0 Å².